The maximum atomic E-state index is 12.4. The first-order valence-electron chi connectivity index (χ1n) is 5.95. The molecule has 6 nitrogen and oxygen atoms in total. The number of halogens is 4. The number of aryl methyl sites for hydroxylation is 1. The van der Waals surface area contributed by atoms with Crippen molar-refractivity contribution in [1.29, 1.82) is 0 Å². The topological polar surface area (TPSA) is 77.2 Å². The molecule has 1 amide bonds. The Hall–Kier alpha value is -1.94. The molecule has 2 aromatic rings. The monoisotopic (exact) mass is 367 g/mol. The van der Waals surface area contributed by atoms with Gasteiger partial charge in [0.1, 0.15) is 5.75 Å². The van der Waals surface area contributed by atoms with E-state index < -0.39 is 18.0 Å². The van der Waals surface area contributed by atoms with Gasteiger partial charge >= 0.3 is 12.4 Å². The third-order valence-corrected chi connectivity index (χ3v) is 3.80. The van der Waals surface area contributed by atoms with Crippen molar-refractivity contribution in [1.82, 2.24) is 10.2 Å². The van der Waals surface area contributed by atoms with E-state index in [0.29, 0.717) is 0 Å². The molecule has 0 fully saturated rings. The van der Waals surface area contributed by atoms with Crippen LogP contribution in [0.1, 0.15) is 16.2 Å². The maximum Gasteiger partial charge on any atom is 0.573 e. The van der Waals surface area contributed by atoms with Gasteiger partial charge in [0.05, 0.1) is 15.5 Å². The smallest absolute Gasteiger partial charge is 0.408 e. The van der Waals surface area contributed by atoms with Crippen LogP contribution in [0.4, 0.5) is 19.2 Å². The fourth-order valence-electron chi connectivity index (χ4n) is 1.62. The lowest BCUT2D eigenvalue weighted by Crippen LogP contribution is -2.18. The summed E-state index contributed by atoms with van der Waals surface area (Å²) < 4.78 is 45.9. The molecule has 1 N–H and O–H groups in total. The standard InChI is InChI=1S/C12H9ClF3N3O3S/c1-5-18-19-11(21-5)17-10(20)6-3-4-7(22-12(14,15)16)9(23-2)8(6)13/h3-4H,1-2H3,(H,17,19,20). The van der Waals surface area contributed by atoms with E-state index in [9.17, 15) is 18.0 Å². The van der Waals surface area contributed by atoms with E-state index in [2.05, 4.69) is 20.3 Å². The summed E-state index contributed by atoms with van der Waals surface area (Å²) in [5.74, 6) is -0.946. The Bertz CT molecular complexity index is 736. The normalized spacial score (nSPS) is 11.4. The fourth-order valence-corrected chi connectivity index (χ4v) is 2.69. The largest absolute Gasteiger partial charge is 0.573 e. The number of hydrogen-bond donors (Lipinski definition) is 1. The minimum atomic E-state index is -4.86. The molecule has 0 radical (unpaired) electrons. The summed E-state index contributed by atoms with van der Waals surface area (Å²) in [5.41, 5.74) is -0.0543. The summed E-state index contributed by atoms with van der Waals surface area (Å²) in [6, 6.07) is 1.98. The Labute approximate surface area is 137 Å². The zero-order valence-electron chi connectivity index (χ0n) is 11.7. The van der Waals surface area contributed by atoms with Gasteiger partial charge in [-0.2, -0.15) is 0 Å². The molecule has 0 saturated heterocycles. The first-order valence-corrected chi connectivity index (χ1v) is 7.55. The number of rotatable bonds is 4. The molecule has 0 aliphatic carbocycles. The van der Waals surface area contributed by atoms with Gasteiger partial charge in [0.15, 0.2) is 0 Å². The van der Waals surface area contributed by atoms with Crippen molar-refractivity contribution >= 4 is 35.3 Å². The van der Waals surface area contributed by atoms with E-state index in [1.54, 1.807) is 0 Å². The van der Waals surface area contributed by atoms with Crippen LogP contribution in [0.25, 0.3) is 0 Å². The first kappa shape index (κ1) is 17.4. The van der Waals surface area contributed by atoms with Crippen LogP contribution in [0, 0.1) is 6.92 Å². The molecule has 0 aliphatic heterocycles. The summed E-state index contributed by atoms with van der Waals surface area (Å²) >= 11 is 6.93. The molecular formula is C12H9ClF3N3O3S. The number of nitrogens with one attached hydrogen (secondary N) is 1. The summed E-state index contributed by atoms with van der Waals surface area (Å²) in [7, 11) is 0. The van der Waals surface area contributed by atoms with Gasteiger partial charge in [-0.25, -0.2) is 0 Å². The number of carbonyl (C=O) groups excluding carboxylic acids is 1. The average molecular weight is 368 g/mol. The molecule has 1 heterocycles. The van der Waals surface area contributed by atoms with Gasteiger partial charge in [0.25, 0.3) is 5.91 Å². The van der Waals surface area contributed by atoms with Crippen molar-refractivity contribution < 1.29 is 27.1 Å². The molecule has 0 spiro atoms. The highest BCUT2D eigenvalue weighted by atomic mass is 35.5. The van der Waals surface area contributed by atoms with Crippen LogP contribution < -0.4 is 10.1 Å². The highest BCUT2D eigenvalue weighted by molar-refractivity contribution is 7.98. The SMILES string of the molecule is CSc1c(OC(F)(F)F)ccc(C(=O)Nc2nnc(C)o2)c1Cl. The minimum Gasteiger partial charge on any atom is -0.408 e. The number of thioether (sulfide) groups is 1. The Balaban J connectivity index is 2.31. The van der Waals surface area contributed by atoms with E-state index in [-0.39, 0.29) is 27.4 Å². The molecular weight excluding hydrogens is 359 g/mol. The highest BCUT2D eigenvalue weighted by Crippen LogP contribution is 2.39. The molecule has 11 heteroatoms. The van der Waals surface area contributed by atoms with Crippen LogP contribution in [-0.4, -0.2) is 28.7 Å². The van der Waals surface area contributed by atoms with Gasteiger partial charge in [-0.05, 0) is 18.4 Å². The molecule has 0 saturated carbocycles. The first-order chi connectivity index (χ1) is 10.7. The zero-order chi connectivity index (χ0) is 17.2. The van der Waals surface area contributed by atoms with Gasteiger partial charge in [-0.3, -0.25) is 10.1 Å². The van der Waals surface area contributed by atoms with E-state index in [0.717, 1.165) is 23.9 Å². The van der Waals surface area contributed by atoms with Crippen molar-refractivity contribution in [3.8, 4) is 5.75 Å². The number of anilines is 1. The number of benzene rings is 1. The molecule has 23 heavy (non-hydrogen) atoms. The van der Waals surface area contributed by atoms with E-state index >= 15 is 0 Å². The Morgan fingerprint density at radius 3 is 2.61 bits per heavy atom. The third kappa shape index (κ3) is 4.29. The van der Waals surface area contributed by atoms with Gasteiger partial charge < -0.3 is 9.15 Å². The minimum absolute atomic E-state index is 0.0154. The van der Waals surface area contributed by atoms with Crippen LogP contribution >= 0.6 is 23.4 Å². The second-order valence-electron chi connectivity index (χ2n) is 4.09. The van der Waals surface area contributed by atoms with Crippen LogP contribution in [0.15, 0.2) is 21.4 Å². The molecule has 0 aliphatic rings. The number of carbonyl (C=O) groups is 1. The van der Waals surface area contributed by atoms with Crippen LogP contribution in [0.2, 0.25) is 5.02 Å². The van der Waals surface area contributed by atoms with Crippen molar-refractivity contribution in [3.05, 3.63) is 28.6 Å². The van der Waals surface area contributed by atoms with E-state index in [1.807, 2.05) is 0 Å². The molecule has 0 atom stereocenters. The van der Waals surface area contributed by atoms with Crippen molar-refractivity contribution in [2.75, 3.05) is 11.6 Å². The molecule has 0 bridgehead atoms. The van der Waals surface area contributed by atoms with Crippen molar-refractivity contribution in [2.24, 2.45) is 0 Å². The van der Waals surface area contributed by atoms with Crippen LogP contribution in [0.3, 0.4) is 0 Å². The summed E-state index contributed by atoms with van der Waals surface area (Å²) in [5, 5.41) is 9.24. The number of hydrogen-bond acceptors (Lipinski definition) is 6. The van der Waals surface area contributed by atoms with Gasteiger partial charge in [-0.1, -0.05) is 16.7 Å². The number of nitrogens with zero attached hydrogens (tertiary/aromatic N) is 2. The van der Waals surface area contributed by atoms with Crippen LogP contribution in [0.5, 0.6) is 5.75 Å². The molecule has 1 aromatic carbocycles. The average Bonchev–Trinajstić information content (AvgIpc) is 2.82. The predicted molar refractivity (Wildman–Crippen MR) is 76.9 cm³/mol. The molecule has 1 aromatic heterocycles. The van der Waals surface area contributed by atoms with Crippen LogP contribution in [-0.2, 0) is 0 Å². The van der Waals surface area contributed by atoms with E-state index in [4.69, 9.17) is 16.0 Å². The van der Waals surface area contributed by atoms with Gasteiger partial charge in [0.2, 0.25) is 5.89 Å². The lowest BCUT2D eigenvalue weighted by Gasteiger charge is -2.14. The fraction of sp³-hybridized carbons (Fsp3) is 0.250. The maximum absolute atomic E-state index is 12.4. The molecule has 124 valence electrons. The molecule has 0 unspecified atom stereocenters. The number of ether oxygens (including phenoxy) is 1. The Morgan fingerprint density at radius 1 is 1.39 bits per heavy atom. The lowest BCUT2D eigenvalue weighted by atomic mass is 10.2. The third-order valence-electron chi connectivity index (χ3n) is 2.48. The predicted octanol–water partition coefficient (Wildman–Crippen LogP) is 3.90. The lowest BCUT2D eigenvalue weighted by molar-refractivity contribution is -0.275. The number of aromatic nitrogens is 2. The zero-order valence-corrected chi connectivity index (χ0v) is 13.3. The summed E-state index contributed by atoms with van der Waals surface area (Å²) in [4.78, 5) is 12.1. The number of alkyl halides is 3. The Morgan fingerprint density at radius 2 is 2.09 bits per heavy atom. The van der Waals surface area contributed by atoms with Gasteiger partial charge in [-0.15, -0.1) is 30.0 Å². The Kier molecular flexibility index (Phi) is 5.05. The second kappa shape index (κ2) is 6.67. The second-order valence-corrected chi connectivity index (χ2v) is 5.28. The highest BCUT2D eigenvalue weighted by Gasteiger charge is 2.33. The van der Waals surface area contributed by atoms with Gasteiger partial charge in [0, 0.05) is 6.92 Å². The summed E-state index contributed by atoms with van der Waals surface area (Å²) in [6.45, 7) is 1.53. The van der Waals surface area contributed by atoms with E-state index in [1.165, 1.54) is 13.2 Å². The number of amides is 1. The molecule has 2 rings (SSSR count). The quantitative estimate of drug-likeness (QED) is 0.826. The van der Waals surface area contributed by atoms with Crippen molar-refractivity contribution in [2.45, 2.75) is 18.2 Å². The van der Waals surface area contributed by atoms with Crippen molar-refractivity contribution in [3.63, 3.8) is 0 Å². The summed E-state index contributed by atoms with van der Waals surface area (Å²) in [6.07, 6.45) is -3.35.